The van der Waals surface area contributed by atoms with E-state index in [1.165, 1.54) is 6.33 Å². The first kappa shape index (κ1) is 9.59. The van der Waals surface area contributed by atoms with E-state index in [4.69, 9.17) is 10.5 Å². The van der Waals surface area contributed by atoms with Gasteiger partial charge in [-0.2, -0.15) is 4.98 Å². The number of nitrogens with one attached hydrogen (secondary N) is 1. The van der Waals surface area contributed by atoms with E-state index < -0.39 is 0 Å². The van der Waals surface area contributed by atoms with Crippen LogP contribution in [0.1, 0.15) is 0 Å². The lowest BCUT2D eigenvalue weighted by atomic mass is 10.3. The largest absolute Gasteiger partial charge is 0.437 e. The average molecular weight is 227 g/mol. The fraction of sp³-hybridized carbons (Fsp3) is 0. The number of ether oxygens (including phenoxy) is 1. The number of imidazole rings is 1. The number of hydrogen-bond acceptors (Lipinski definition) is 5. The van der Waals surface area contributed by atoms with Gasteiger partial charge in [-0.25, -0.2) is 9.97 Å². The van der Waals surface area contributed by atoms with Crippen molar-refractivity contribution in [3.63, 3.8) is 0 Å². The van der Waals surface area contributed by atoms with Crippen LogP contribution in [0.4, 0.5) is 5.69 Å². The van der Waals surface area contributed by atoms with E-state index in [-0.39, 0.29) is 0 Å². The first-order valence-electron chi connectivity index (χ1n) is 5.00. The van der Waals surface area contributed by atoms with Gasteiger partial charge in [0.2, 0.25) is 5.88 Å². The second kappa shape index (κ2) is 3.75. The van der Waals surface area contributed by atoms with Crippen molar-refractivity contribution in [3.05, 3.63) is 36.9 Å². The Hall–Kier alpha value is -2.63. The molecule has 6 nitrogen and oxygen atoms in total. The van der Waals surface area contributed by atoms with Gasteiger partial charge in [-0.15, -0.1) is 0 Å². The average Bonchev–Trinajstić information content (AvgIpc) is 2.81. The third kappa shape index (κ3) is 1.76. The molecule has 0 aliphatic carbocycles. The summed E-state index contributed by atoms with van der Waals surface area (Å²) in [6, 6.07) is 7.08. The molecule has 0 unspecified atom stereocenters. The van der Waals surface area contributed by atoms with Crippen LogP contribution < -0.4 is 10.5 Å². The van der Waals surface area contributed by atoms with Crippen LogP contribution in [0.2, 0.25) is 0 Å². The Morgan fingerprint density at radius 2 is 1.88 bits per heavy atom. The topological polar surface area (TPSA) is 89.7 Å². The number of rotatable bonds is 2. The number of nitrogens with two attached hydrogens (primary N) is 1. The monoisotopic (exact) mass is 227 g/mol. The molecule has 3 aromatic rings. The van der Waals surface area contributed by atoms with Crippen molar-refractivity contribution in [3.8, 4) is 11.6 Å². The van der Waals surface area contributed by atoms with E-state index in [2.05, 4.69) is 19.9 Å². The molecule has 0 fully saturated rings. The minimum absolute atomic E-state index is 0.442. The molecule has 0 bridgehead atoms. The van der Waals surface area contributed by atoms with Crippen molar-refractivity contribution >= 4 is 16.9 Å². The molecule has 0 saturated carbocycles. The number of fused-ring (bicyclic) bond motifs is 1. The Balaban J connectivity index is 1.99. The van der Waals surface area contributed by atoms with Crippen LogP contribution in [0.5, 0.6) is 11.6 Å². The lowest BCUT2D eigenvalue weighted by Crippen LogP contribution is -1.91. The molecule has 17 heavy (non-hydrogen) atoms. The van der Waals surface area contributed by atoms with Gasteiger partial charge in [-0.1, -0.05) is 0 Å². The van der Waals surface area contributed by atoms with Crippen molar-refractivity contribution < 1.29 is 4.74 Å². The number of hydrogen-bond donors (Lipinski definition) is 2. The Labute approximate surface area is 96.5 Å². The molecule has 0 atom stereocenters. The van der Waals surface area contributed by atoms with Gasteiger partial charge in [0.1, 0.15) is 17.6 Å². The zero-order valence-electron chi connectivity index (χ0n) is 8.79. The quantitative estimate of drug-likeness (QED) is 0.650. The van der Waals surface area contributed by atoms with E-state index in [0.717, 1.165) is 0 Å². The third-order valence-corrected chi connectivity index (χ3v) is 2.28. The molecule has 0 spiro atoms. The van der Waals surface area contributed by atoms with E-state index >= 15 is 0 Å². The highest BCUT2D eigenvalue weighted by atomic mass is 16.5. The maximum absolute atomic E-state index is 5.63. The summed E-state index contributed by atoms with van der Waals surface area (Å²) in [4.78, 5) is 15.0. The summed E-state index contributed by atoms with van der Waals surface area (Å²) in [6.07, 6.45) is 2.96. The third-order valence-electron chi connectivity index (χ3n) is 2.28. The van der Waals surface area contributed by atoms with Gasteiger partial charge >= 0.3 is 0 Å². The number of nitrogens with zero attached hydrogens (tertiary/aromatic N) is 3. The molecule has 0 aliphatic heterocycles. The lowest BCUT2D eigenvalue weighted by molar-refractivity contribution is 0.467. The van der Waals surface area contributed by atoms with Gasteiger partial charge in [0.05, 0.1) is 6.33 Å². The standard InChI is InChI=1S/C11H9N5O/c12-7-1-3-8(4-2-7)17-11-9-10(14-5-13-9)15-6-16-11/h1-6H,12H2,(H,13,14,15,16). The Bertz CT molecular complexity index is 646. The van der Waals surface area contributed by atoms with Gasteiger partial charge in [0.15, 0.2) is 5.65 Å². The molecule has 1 aromatic carbocycles. The molecule has 2 aromatic heterocycles. The molecular weight excluding hydrogens is 218 g/mol. The summed E-state index contributed by atoms with van der Waals surface area (Å²) < 4.78 is 5.63. The predicted molar refractivity (Wildman–Crippen MR) is 62.6 cm³/mol. The highest BCUT2D eigenvalue weighted by Gasteiger charge is 2.07. The molecule has 0 saturated heterocycles. The maximum atomic E-state index is 5.63. The van der Waals surface area contributed by atoms with Crippen LogP contribution in [0.15, 0.2) is 36.9 Å². The smallest absolute Gasteiger partial charge is 0.248 e. The maximum Gasteiger partial charge on any atom is 0.248 e. The summed E-state index contributed by atoms with van der Waals surface area (Å²) >= 11 is 0. The highest BCUT2D eigenvalue weighted by molar-refractivity contribution is 5.75. The van der Waals surface area contributed by atoms with Crippen LogP contribution in [0, 0.1) is 0 Å². The van der Waals surface area contributed by atoms with Crippen molar-refractivity contribution in [2.45, 2.75) is 0 Å². The van der Waals surface area contributed by atoms with Crippen molar-refractivity contribution in [2.75, 3.05) is 5.73 Å². The summed E-state index contributed by atoms with van der Waals surface area (Å²) in [5, 5.41) is 0. The fourth-order valence-electron chi connectivity index (χ4n) is 1.47. The van der Waals surface area contributed by atoms with Crippen molar-refractivity contribution in [1.82, 2.24) is 19.9 Å². The molecule has 0 aliphatic rings. The summed E-state index contributed by atoms with van der Waals surface area (Å²) in [7, 11) is 0. The zero-order chi connectivity index (χ0) is 11.7. The number of anilines is 1. The van der Waals surface area contributed by atoms with Crippen molar-refractivity contribution in [2.24, 2.45) is 0 Å². The van der Waals surface area contributed by atoms with E-state index in [1.807, 2.05) is 0 Å². The molecule has 6 heteroatoms. The molecule has 0 radical (unpaired) electrons. The second-order valence-corrected chi connectivity index (χ2v) is 3.45. The first-order chi connectivity index (χ1) is 8.33. The predicted octanol–water partition coefficient (Wildman–Crippen LogP) is 1.73. The number of aromatic nitrogens is 4. The normalized spacial score (nSPS) is 10.6. The van der Waals surface area contributed by atoms with Gasteiger partial charge in [0.25, 0.3) is 0 Å². The number of H-pyrrole nitrogens is 1. The zero-order valence-corrected chi connectivity index (χ0v) is 8.79. The van der Waals surface area contributed by atoms with E-state index in [9.17, 15) is 0 Å². The van der Waals surface area contributed by atoms with Crippen LogP contribution in [-0.4, -0.2) is 19.9 Å². The van der Waals surface area contributed by atoms with Gasteiger partial charge < -0.3 is 15.5 Å². The van der Waals surface area contributed by atoms with Crippen LogP contribution in [-0.2, 0) is 0 Å². The lowest BCUT2D eigenvalue weighted by Gasteiger charge is -2.04. The number of benzene rings is 1. The first-order valence-corrected chi connectivity index (χ1v) is 5.00. The van der Waals surface area contributed by atoms with Crippen LogP contribution >= 0.6 is 0 Å². The second-order valence-electron chi connectivity index (χ2n) is 3.45. The van der Waals surface area contributed by atoms with E-state index in [1.54, 1.807) is 30.6 Å². The summed E-state index contributed by atoms with van der Waals surface area (Å²) in [5.41, 5.74) is 7.53. The van der Waals surface area contributed by atoms with Crippen LogP contribution in [0.3, 0.4) is 0 Å². The number of aromatic amines is 1. The Kier molecular flexibility index (Phi) is 2.11. The Morgan fingerprint density at radius 3 is 2.71 bits per heavy atom. The van der Waals surface area contributed by atoms with Gasteiger partial charge in [-0.05, 0) is 24.3 Å². The van der Waals surface area contributed by atoms with Gasteiger partial charge in [0, 0.05) is 5.69 Å². The summed E-state index contributed by atoms with van der Waals surface area (Å²) in [6.45, 7) is 0. The van der Waals surface area contributed by atoms with E-state index in [0.29, 0.717) is 28.5 Å². The highest BCUT2D eigenvalue weighted by Crippen LogP contribution is 2.24. The molecule has 3 N–H and O–H groups in total. The molecule has 0 amide bonds. The van der Waals surface area contributed by atoms with Gasteiger partial charge in [-0.3, -0.25) is 0 Å². The van der Waals surface area contributed by atoms with Crippen molar-refractivity contribution in [1.29, 1.82) is 0 Å². The minimum Gasteiger partial charge on any atom is -0.437 e. The number of nitrogen functional groups attached to an aromatic ring is 1. The molecular formula is C11H9N5O. The molecule has 3 rings (SSSR count). The summed E-state index contributed by atoms with van der Waals surface area (Å²) in [5.74, 6) is 1.10. The SMILES string of the molecule is Nc1ccc(Oc2ncnc3nc[nH]c23)cc1. The Morgan fingerprint density at radius 1 is 1.06 bits per heavy atom. The van der Waals surface area contributed by atoms with Crippen LogP contribution in [0.25, 0.3) is 11.2 Å². The molecule has 84 valence electrons. The molecule has 2 heterocycles. The fourth-order valence-corrected chi connectivity index (χ4v) is 1.47. The minimum atomic E-state index is 0.442.